The van der Waals surface area contributed by atoms with Crippen molar-refractivity contribution in [1.29, 1.82) is 0 Å². The van der Waals surface area contributed by atoms with Crippen LogP contribution in [0, 0.1) is 0 Å². The molecule has 0 fully saturated rings. The van der Waals surface area contributed by atoms with E-state index in [0.717, 1.165) is 42.9 Å². The van der Waals surface area contributed by atoms with E-state index in [9.17, 15) is 4.79 Å². The molecule has 4 heteroatoms. The highest BCUT2D eigenvalue weighted by atomic mass is 35.5. The van der Waals surface area contributed by atoms with Crippen molar-refractivity contribution in [3.05, 3.63) is 100 Å². The Morgan fingerprint density at radius 2 is 1.73 bits per heavy atom. The summed E-state index contributed by atoms with van der Waals surface area (Å²) in [5.74, 6) is -0.0240. The molecule has 154 valence electrons. The molecule has 1 N–H and O–H groups in total. The number of rotatable bonds is 7. The smallest absolute Gasteiger partial charge is 0.251 e. The molecule has 3 aromatic carbocycles. The number of hydrogen-bond donors (Lipinski definition) is 1. The molecule has 1 heterocycles. The Hall–Kier alpha value is -2.78. The van der Waals surface area contributed by atoms with Gasteiger partial charge < -0.3 is 10.2 Å². The summed E-state index contributed by atoms with van der Waals surface area (Å²) in [5.41, 5.74) is 5.81. The zero-order chi connectivity index (χ0) is 20.8. The van der Waals surface area contributed by atoms with E-state index in [0.29, 0.717) is 12.1 Å². The molecule has 30 heavy (non-hydrogen) atoms. The van der Waals surface area contributed by atoms with Gasteiger partial charge >= 0.3 is 0 Å². The van der Waals surface area contributed by atoms with E-state index < -0.39 is 0 Å². The first-order chi connectivity index (χ1) is 14.7. The normalized spacial score (nSPS) is 13.0. The Labute approximate surface area is 183 Å². The summed E-state index contributed by atoms with van der Waals surface area (Å²) >= 11 is 6.18. The van der Waals surface area contributed by atoms with Crippen LogP contribution < -0.4 is 10.2 Å². The van der Waals surface area contributed by atoms with Gasteiger partial charge in [0.1, 0.15) is 0 Å². The molecular formula is C26H27ClN2O. The van der Waals surface area contributed by atoms with Crippen LogP contribution >= 0.6 is 11.6 Å². The summed E-state index contributed by atoms with van der Waals surface area (Å²) in [6, 6.07) is 24.5. The molecule has 3 aromatic rings. The topological polar surface area (TPSA) is 32.3 Å². The zero-order valence-electron chi connectivity index (χ0n) is 17.1. The van der Waals surface area contributed by atoms with Crippen molar-refractivity contribution >= 4 is 23.2 Å². The predicted octanol–water partition coefficient (Wildman–Crippen LogP) is 5.66. The molecule has 0 spiro atoms. The predicted molar refractivity (Wildman–Crippen MR) is 124 cm³/mol. The third-order valence-electron chi connectivity index (χ3n) is 5.66. The minimum atomic E-state index is -0.0240. The molecule has 0 saturated carbocycles. The van der Waals surface area contributed by atoms with Crippen molar-refractivity contribution in [2.75, 3.05) is 18.0 Å². The third-order valence-corrected chi connectivity index (χ3v) is 6.03. The van der Waals surface area contributed by atoms with E-state index in [2.05, 4.69) is 46.6 Å². The fraction of sp³-hybridized carbons (Fsp3) is 0.269. The number of amides is 1. The minimum absolute atomic E-state index is 0.0240. The first kappa shape index (κ1) is 20.5. The molecule has 1 amide bonds. The number of halogens is 1. The number of carbonyl (C=O) groups excluding carboxylic acids is 1. The second-order valence-corrected chi connectivity index (χ2v) is 8.21. The summed E-state index contributed by atoms with van der Waals surface area (Å²) in [5, 5.41) is 3.80. The van der Waals surface area contributed by atoms with Crippen molar-refractivity contribution < 1.29 is 4.79 Å². The minimum Gasteiger partial charge on any atom is -0.367 e. The first-order valence-corrected chi connectivity index (χ1v) is 11.0. The van der Waals surface area contributed by atoms with Gasteiger partial charge in [-0.2, -0.15) is 0 Å². The molecule has 0 bridgehead atoms. The molecule has 3 nitrogen and oxygen atoms in total. The van der Waals surface area contributed by atoms with Gasteiger partial charge in [-0.15, -0.1) is 0 Å². The maximum atomic E-state index is 12.4. The largest absolute Gasteiger partial charge is 0.367 e. The molecule has 0 aromatic heterocycles. The molecule has 0 unspecified atom stereocenters. The highest BCUT2D eigenvalue weighted by molar-refractivity contribution is 6.31. The number of benzene rings is 3. The van der Waals surface area contributed by atoms with Crippen molar-refractivity contribution in [2.24, 2.45) is 0 Å². The van der Waals surface area contributed by atoms with Crippen molar-refractivity contribution in [1.82, 2.24) is 5.32 Å². The number of carbonyl (C=O) groups is 1. The fourth-order valence-electron chi connectivity index (χ4n) is 4.04. The van der Waals surface area contributed by atoms with Crippen LogP contribution in [0.1, 0.15) is 39.9 Å². The third kappa shape index (κ3) is 5.03. The fourth-order valence-corrected chi connectivity index (χ4v) is 4.27. The number of para-hydroxylation sites is 1. The van der Waals surface area contributed by atoms with Gasteiger partial charge in [-0.25, -0.2) is 0 Å². The van der Waals surface area contributed by atoms with E-state index in [-0.39, 0.29) is 5.91 Å². The maximum absolute atomic E-state index is 12.4. The lowest BCUT2D eigenvalue weighted by molar-refractivity contribution is 0.0953. The average Bonchev–Trinajstić information content (AvgIpc) is 2.78. The van der Waals surface area contributed by atoms with Crippen molar-refractivity contribution in [2.45, 2.75) is 32.2 Å². The van der Waals surface area contributed by atoms with Gasteiger partial charge in [0.25, 0.3) is 5.91 Å². The Kier molecular flexibility index (Phi) is 6.70. The van der Waals surface area contributed by atoms with E-state index >= 15 is 0 Å². The lowest BCUT2D eigenvalue weighted by Gasteiger charge is -2.31. The quantitative estimate of drug-likeness (QED) is 0.502. The SMILES string of the molecule is O=C(NCCCc1ccccc1Cl)c1ccc(CN2CCCc3ccccc32)cc1. The molecule has 0 aliphatic carbocycles. The van der Waals surface area contributed by atoms with Gasteiger partial charge in [-0.05, 0) is 66.6 Å². The number of nitrogens with one attached hydrogen (secondary N) is 1. The number of nitrogens with zero attached hydrogens (tertiary/aromatic N) is 1. The number of hydrogen-bond acceptors (Lipinski definition) is 2. The highest BCUT2D eigenvalue weighted by Gasteiger charge is 2.16. The molecular weight excluding hydrogens is 392 g/mol. The standard InChI is InChI=1S/C26H27ClN2O/c27-24-11-3-1-7-21(24)9-5-17-28-26(30)23-15-13-20(14-16-23)19-29-18-6-10-22-8-2-4-12-25(22)29/h1-4,7-8,11-16H,5-6,9-10,17-19H2,(H,28,30). The maximum Gasteiger partial charge on any atom is 0.251 e. The molecule has 1 aliphatic rings. The van der Waals surface area contributed by atoms with Crippen LogP contribution in [0.3, 0.4) is 0 Å². The van der Waals surface area contributed by atoms with Gasteiger partial charge in [0.15, 0.2) is 0 Å². The van der Waals surface area contributed by atoms with Crippen LogP contribution in [0.4, 0.5) is 5.69 Å². The highest BCUT2D eigenvalue weighted by Crippen LogP contribution is 2.28. The van der Waals surface area contributed by atoms with E-state index in [1.807, 2.05) is 36.4 Å². The van der Waals surface area contributed by atoms with Crippen LogP contribution in [0.15, 0.2) is 72.8 Å². The molecule has 0 radical (unpaired) electrons. The van der Waals surface area contributed by atoms with E-state index in [1.165, 1.54) is 23.2 Å². The first-order valence-electron chi connectivity index (χ1n) is 10.6. The van der Waals surface area contributed by atoms with Crippen LogP contribution in [0.2, 0.25) is 5.02 Å². The van der Waals surface area contributed by atoms with E-state index in [4.69, 9.17) is 11.6 Å². The second kappa shape index (κ2) is 9.82. The summed E-state index contributed by atoms with van der Waals surface area (Å²) in [6.07, 6.45) is 4.06. The molecule has 0 atom stereocenters. The van der Waals surface area contributed by atoms with Gasteiger partial charge in [-0.3, -0.25) is 4.79 Å². The lowest BCUT2D eigenvalue weighted by Crippen LogP contribution is -2.28. The molecule has 0 saturated heterocycles. The van der Waals surface area contributed by atoms with Crippen molar-refractivity contribution in [3.8, 4) is 0 Å². The number of aryl methyl sites for hydroxylation is 2. The lowest BCUT2D eigenvalue weighted by atomic mass is 10.0. The van der Waals surface area contributed by atoms with Gasteiger partial charge in [-0.1, -0.05) is 60.1 Å². The average molecular weight is 419 g/mol. The number of anilines is 1. The zero-order valence-corrected chi connectivity index (χ0v) is 17.9. The number of fused-ring (bicyclic) bond motifs is 1. The summed E-state index contributed by atoms with van der Waals surface area (Å²) in [4.78, 5) is 14.9. The monoisotopic (exact) mass is 418 g/mol. The van der Waals surface area contributed by atoms with Gasteiger partial charge in [0.2, 0.25) is 0 Å². The van der Waals surface area contributed by atoms with Crippen LogP contribution in [-0.4, -0.2) is 19.0 Å². The Balaban J connectivity index is 1.28. The Bertz CT molecular complexity index is 1000. The Morgan fingerprint density at radius 3 is 2.57 bits per heavy atom. The molecule has 1 aliphatic heterocycles. The summed E-state index contributed by atoms with van der Waals surface area (Å²) in [6.45, 7) is 2.58. The van der Waals surface area contributed by atoms with Crippen LogP contribution in [-0.2, 0) is 19.4 Å². The van der Waals surface area contributed by atoms with E-state index in [1.54, 1.807) is 0 Å². The summed E-state index contributed by atoms with van der Waals surface area (Å²) < 4.78 is 0. The van der Waals surface area contributed by atoms with Crippen LogP contribution in [0.5, 0.6) is 0 Å². The second-order valence-electron chi connectivity index (χ2n) is 7.80. The van der Waals surface area contributed by atoms with Gasteiger partial charge in [0, 0.05) is 35.9 Å². The van der Waals surface area contributed by atoms with Crippen LogP contribution in [0.25, 0.3) is 0 Å². The molecule has 4 rings (SSSR count). The van der Waals surface area contributed by atoms with Gasteiger partial charge in [0.05, 0.1) is 0 Å². The summed E-state index contributed by atoms with van der Waals surface area (Å²) in [7, 11) is 0. The van der Waals surface area contributed by atoms with Crippen molar-refractivity contribution in [3.63, 3.8) is 0 Å². The Morgan fingerprint density at radius 1 is 0.967 bits per heavy atom.